The number of anilines is 2. The molecule has 0 saturated carbocycles. The van der Waals surface area contributed by atoms with E-state index in [1.807, 2.05) is 42.5 Å². The zero-order valence-corrected chi connectivity index (χ0v) is 26.6. The first-order chi connectivity index (χ1) is 21.3. The lowest BCUT2D eigenvalue weighted by Gasteiger charge is -2.31. The lowest BCUT2D eigenvalue weighted by Crippen LogP contribution is -2.32. The van der Waals surface area contributed by atoms with Crippen molar-refractivity contribution in [2.24, 2.45) is 5.92 Å². The molecule has 2 N–H and O–H groups in total. The molecule has 44 heavy (non-hydrogen) atoms. The van der Waals surface area contributed by atoms with Gasteiger partial charge in [0.2, 0.25) is 11.8 Å². The van der Waals surface area contributed by atoms with E-state index in [4.69, 9.17) is 16.3 Å². The molecule has 3 heterocycles. The molecule has 3 atom stereocenters. The number of aromatic nitrogens is 1. The van der Waals surface area contributed by atoms with E-state index in [9.17, 15) is 19.2 Å². The minimum Gasteiger partial charge on any atom is -0.483 e. The molecule has 2 aliphatic rings. The highest BCUT2D eigenvalue weighted by Gasteiger charge is 2.56. The van der Waals surface area contributed by atoms with Crippen LogP contribution in [0.3, 0.4) is 0 Å². The maximum atomic E-state index is 14.1. The normalized spacial score (nSPS) is 19.1. The number of halogens is 2. The average molecular weight is 707 g/mol. The fraction of sp³-hybridized carbons (Fsp3) is 0.125. The maximum absolute atomic E-state index is 14.1. The molecule has 7 rings (SSSR count). The molecule has 0 unspecified atom stereocenters. The number of fused-ring (bicyclic) bond motifs is 3. The quantitative estimate of drug-likeness (QED) is 0.188. The first kappa shape index (κ1) is 28.8. The molecule has 0 bridgehead atoms. The van der Waals surface area contributed by atoms with Gasteiger partial charge in [-0.05, 0) is 53.9 Å². The third-order valence-corrected chi connectivity index (χ3v) is 10.8. The number of amides is 3. The Kier molecular flexibility index (Phi) is 7.57. The highest BCUT2D eigenvalue weighted by Crippen LogP contribution is 2.54. The fourth-order valence-corrected chi connectivity index (χ4v) is 8.71. The Labute approximate surface area is 272 Å². The second-order valence-corrected chi connectivity index (χ2v) is 13.8. The van der Waals surface area contributed by atoms with Gasteiger partial charge in [-0.25, -0.2) is 4.90 Å². The third kappa shape index (κ3) is 5.13. The molecular formula is C32H21BrClN3O5S2. The van der Waals surface area contributed by atoms with E-state index in [0.717, 1.165) is 26.6 Å². The number of rotatable bonds is 6. The molecule has 1 fully saturated rings. The number of thiazole rings is 1. The zero-order chi connectivity index (χ0) is 30.5. The van der Waals surface area contributed by atoms with Crippen LogP contribution in [0.5, 0.6) is 5.75 Å². The first-order valence-electron chi connectivity index (χ1n) is 13.5. The molecule has 0 aliphatic carbocycles. The summed E-state index contributed by atoms with van der Waals surface area (Å²) in [6.07, 6.45) is 0. The van der Waals surface area contributed by atoms with Gasteiger partial charge in [0.05, 0.1) is 16.6 Å². The second-order valence-electron chi connectivity index (χ2n) is 10.3. The summed E-state index contributed by atoms with van der Waals surface area (Å²) in [5, 5.41) is 4.94. The van der Waals surface area contributed by atoms with Crippen molar-refractivity contribution in [1.29, 1.82) is 0 Å². The van der Waals surface area contributed by atoms with E-state index in [0.29, 0.717) is 37.6 Å². The monoisotopic (exact) mass is 705 g/mol. The predicted octanol–water partition coefficient (Wildman–Crippen LogP) is 6.82. The lowest BCUT2D eigenvalue weighted by molar-refractivity contribution is -0.122. The van der Waals surface area contributed by atoms with Gasteiger partial charge in [-0.3, -0.25) is 19.2 Å². The van der Waals surface area contributed by atoms with Crippen LogP contribution in [0, 0.1) is 5.92 Å². The number of carbonyl (C=O) groups excluding carboxylic acids is 3. The van der Waals surface area contributed by atoms with Crippen molar-refractivity contribution in [1.82, 2.24) is 4.98 Å². The van der Waals surface area contributed by atoms with Gasteiger partial charge in [-0.2, -0.15) is 0 Å². The van der Waals surface area contributed by atoms with E-state index in [1.165, 1.54) is 16.7 Å². The zero-order valence-electron chi connectivity index (χ0n) is 22.6. The van der Waals surface area contributed by atoms with Crippen LogP contribution in [0.15, 0.2) is 99.2 Å². The predicted molar refractivity (Wildman–Crippen MR) is 176 cm³/mol. The van der Waals surface area contributed by atoms with Gasteiger partial charge in [-0.1, -0.05) is 87.0 Å². The molecule has 1 saturated heterocycles. The summed E-state index contributed by atoms with van der Waals surface area (Å²) in [6.45, 7) is -0.318. The Balaban J connectivity index is 1.23. The van der Waals surface area contributed by atoms with Crippen LogP contribution in [0.25, 0.3) is 10.8 Å². The van der Waals surface area contributed by atoms with Crippen molar-refractivity contribution in [3.05, 3.63) is 115 Å². The number of imide groups is 1. The number of hydrogen-bond donors (Lipinski definition) is 2. The number of hydrogen-bond acceptors (Lipinski definition) is 7. The van der Waals surface area contributed by atoms with Gasteiger partial charge >= 0.3 is 4.87 Å². The van der Waals surface area contributed by atoms with Gasteiger partial charge in [0, 0.05) is 36.9 Å². The Morgan fingerprint density at radius 3 is 2.57 bits per heavy atom. The molecule has 2 aliphatic heterocycles. The Hall–Kier alpha value is -3.90. The van der Waals surface area contributed by atoms with Crippen molar-refractivity contribution in [2.45, 2.75) is 16.2 Å². The van der Waals surface area contributed by atoms with Crippen LogP contribution < -0.4 is 19.8 Å². The highest BCUT2D eigenvalue weighted by molar-refractivity contribution is 9.10. The van der Waals surface area contributed by atoms with Gasteiger partial charge in [-0.15, -0.1) is 0 Å². The molecule has 12 heteroatoms. The topological polar surface area (TPSA) is 109 Å². The molecule has 0 spiro atoms. The van der Waals surface area contributed by atoms with E-state index < -0.39 is 17.1 Å². The molecule has 1 aromatic heterocycles. The SMILES string of the molecule is O=C(COc1ccc(Cl)cc1[C@@H]1c2sc(=O)[nH]c2S[C@H]2C(=O)N(c3ccc(Br)cc3)C(=O)[C@@H]12)Nc1cccc2ccccc12. The van der Waals surface area contributed by atoms with Gasteiger partial charge < -0.3 is 15.0 Å². The third-order valence-electron chi connectivity index (χ3n) is 7.64. The average Bonchev–Trinajstić information content (AvgIpc) is 3.51. The molecular weight excluding hydrogens is 686 g/mol. The summed E-state index contributed by atoms with van der Waals surface area (Å²) >= 11 is 12.0. The summed E-state index contributed by atoms with van der Waals surface area (Å²) < 4.78 is 6.89. The van der Waals surface area contributed by atoms with Crippen molar-refractivity contribution in [2.75, 3.05) is 16.8 Å². The van der Waals surface area contributed by atoms with Crippen molar-refractivity contribution >= 4 is 90.5 Å². The Bertz CT molecular complexity index is 2020. The molecule has 5 aromatic rings. The minimum atomic E-state index is -0.833. The molecule has 0 radical (unpaired) electrons. The van der Waals surface area contributed by atoms with Crippen molar-refractivity contribution in [3.63, 3.8) is 0 Å². The van der Waals surface area contributed by atoms with E-state index in [2.05, 4.69) is 26.2 Å². The Morgan fingerprint density at radius 1 is 0.977 bits per heavy atom. The number of ether oxygens (including phenoxy) is 1. The van der Waals surface area contributed by atoms with Gasteiger partial charge in [0.15, 0.2) is 6.61 Å². The smallest absolute Gasteiger partial charge is 0.305 e. The number of nitrogens with zero attached hydrogens (tertiary/aromatic N) is 1. The molecule has 3 amide bonds. The number of H-pyrrole nitrogens is 1. The number of carbonyl (C=O) groups is 3. The largest absolute Gasteiger partial charge is 0.483 e. The van der Waals surface area contributed by atoms with Crippen LogP contribution in [0.2, 0.25) is 5.02 Å². The standard InChI is InChI=1S/C32H21BrClN3O5S2/c33-17-8-11-19(12-9-17)37-30(39)26-25(27-29(36-32(41)44-27)43-28(26)31(37)40)21-14-18(34)10-13-23(21)42-15-24(38)35-22-7-3-5-16-4-1-2-6-20(16)22/h1-14,25-26,28H,15H2,(H,35,38)(H,36,41)/t25-,26-,28+/m0/s1. The second kappa shape index (κ2) is 11.6. The summed E-state index contributed by atoms with van der Waals surface area (Å²) in [5.41, 5.74) is 1.63. The van der Waals surface area contributed by atoms with Crippen LogP contribution >= 0.6 is 50.6 Å². The van der Waals surface area contributed by atoms with E-state index in [-0.39, 0.29) is 29.2 Å². The van der Waals surface area contributed by atoms with Crippen molar-refractivity contribution < 1.29 is 19.1 Å². The summed E-state index contributed by atoms with van der Waals surface area (Å²) in [6, 6.07) is 25.3. The number of benzene rings is 4. The Morgan fingerprint density at radius 2 is 1.75 bits per heavy atom. The summed E-state index contributed by atoms with van der Waals surface area (Å²) in [4.78, 5) is 57.8. The van der Waals surface area contributed by atoms with Crippen LogP contribution in [-0.4, -0.2) is 34.6 Å². The number of nitrogens with one attached hydrogen (secondary N) is 2. The fourth-order valence-electron chi connectivity index (χ4n) is 5.75. The number of thioether (sulfide) groups is 1. The summed E-state index contributed by atoms with van der Waals surface area (Å²) in [5.74, 6) is -2.35. The molecule has 8 nitrogen and oxygen atoms in total. The highest BCUT2D eigenvalue weighted by atomic mass is 79.9. The van der Waals surface area contributed by atoms with Gasteiger partial charge in [0.1, 0.15) is 11.0 Å². The van der Waals surface area contributed by atoms with E-state index >= 15 is 0 Å². The van der Waals surface area contributed by atoms with Crippen molar-refractivity contribution in [3.8, 4) is 5.75 Å². The molecule has 4 aromatic carbocycles. The van der Waals surface area contributed by atoms with E-state index in [1.54, 1.807) is 42.5 Å². The van der Waals surface area contributed by atoms with Gasteiger partial charge in [0.25, 0.3) is 5.91 Å². The molecule has 220 valence electrons. The van der Waals surface area contributed by atoms with Crippen LogP contribution in [-0.2, 0) is 14.4 Å². The maximum Gasteiger partial charge on any atom is 0.305 e. The lowest BCUT2D eigenvalue weighted by atomic mass is 9.82. The van der Waals surface area contributed by atoms with Crippen LogP contribution in [0.4, 0.5) is 11.4 Å². The first-order valence-corrected chi connectivity index (χ1v) is 16.4. The number of aromatic amines is 1. The van der Waals surface area contributed by atoms with Crippen LogP contribution in [0.1, 0.15) is 16.4 Å². The minimum absolute atomic E-state index is 0.295. The summed E-state index contributed by atoms with van der Waals surface area (Å²) in [7, 11) is 0.